The number of esters is 1. The van der Waals surface area contributed by atoms with Crippen molar-refractivity contribution in [3.63, 3.8) is 0 Å². The Hall–Kier alpha value is -1.88. The predicted molar refractivity (Wildman–Crippen MR) is 229 cm³/mol. The molecule has 1 amide bonds. The maximum atomic E-state index is 13.7. The van der Waals surface area contributed by atoms with Crippen molar-refractivity contribution in [2.24, 2.45) is 50.2 Å². The number of allylic oxidation sites excluding steroid dienone is 2. The third-order valence-electron chi connectivity index (χ3n) is 19.4. The summed E-state index contributed by atoms with van der Waals surface area (Å²) in [5.74, 6) is -0.317. The molecule has 374 valence electrons. The zero-order chi connectivity index (χ0) is 47.8. The Morgan fingerprint density at radius 1 is 0.773 bits per heavy atom. The van der Waals surface area contributed by atoms with Gasteiger partial charge in [0, 0.05) is 18.8 Å². The first-order valence-electron chi connectivity index (χ1n) is 24.3. The smallest absolute Gasteiger partial charge is 0.315 e. The second-order valence-electron chi connectivity index (χ2n) is 23.6. The minimum atomic E-state index is -1.71. The topological polar surface area (TPSA) is 273 Å². The number of carbonyl (C=O) groups is 2. The van der Waals surface area contributed by atoms with Gasteiger partial charge in [-0.1, -0.05) is 60.1 Å². The molecule has 0 aromatic rings. The fourth-order valence-corrected chi connectivity index (χ4v) is 15.4. The quantitative estimate of drug-likeness (QED) is 0.0914. The molecule has 0 aromatic heterocycles. The van der Waals surface area contributed by atoms with Gasteiger partial charge in [-0.3, -0.25) is 9.59 Å². The van der Waals surface area contributed by atoms with Gasteiger partial charge in [0.15, 0.2) is 18.9 Å². The first kappa shape index (κ1) is 49.1. The Labute approximate surface area is 386 Å². The summed E-state index contributed by atoms with van der Waals surface area (Å²) in [7, 11) is 0. The van der Waals surface area contributed by atoms with Crippen molar-refractivity contribution >= 4 is 11.9 Å². The van der Waals surface area contributed by atoms with Gasteiger partial charge in [0.2, 0.25) is 5.91 Å². The molecule has 4 heterocycles. The molecule has 18 heteroatoms. The fourth-order valence-electron chi connectivity index (χ4n) is 15.4. The van der Waals surface area contributed by atoms with Gasteiger partial charge < -0.3 is 79.3 Å². The average molecular weight is 938 g/mol. The van der Waals surface area contributed by atoms with Crippen LogP contribution >= 0.6 is 0 Å². The van der Waals surface area contributed by atoms with Gasteiger partial charge in [0.25, 0.3) is 0 Å². The van der Waals surface area contributed by atoms with E-state index in [2.05, 4.69) is 59.9 Å². The predicted octanol–water partition coefficient (Wildman–Crippen LogP) is 0.550. The minimum Gasteiger partial charge on any atom is -0.461 e. The number of aliphatic hydroxyl groups excluding tert-OH is 8. The molecule has 2 bridgehead atoms. The van der Waals surface area contributed by atoms with E-state index in [1.165, 1.54) is 12.5 Å². The number of carbonyl (C=O) groups excluding carboxylic acids is 2. The van der Waals surface area contributed by atoms with Crippen LogP contribution in [0, 0.1) is 50.2 Å². The van der Waals surface area contributed by atoms with E-state index in [4.69, 9.17) is 33.2 Å². The van der Waals surface area contributed by atoms with E-state index in [-0.39, 0.29) is 64.7 Å². The molecule has 0 aromatic carbocycles. The van der Waals surface area contributed by atoms with Crippen LogP contribution in [0.4, 0.5) is 0 Å². The van der Waals surface area contributed by atoms with Gasteiger partial charge in [0.05, 0.1) is 32.0 Å². The highest BCUT2D eigenvalue weighted by Crippen LogP contribution is 2.76. The Balaban J connectivity index is 0.925. The van der Waals surface area contributed by atoms with Crippen LogP contribution in [0.5, 0.6) is 0 Å². The molecule has 4 saturated carbocycles. The summed E-state index contributed by atoms with van der Waals surface area (Å²) < 4.78 is 42.1. The molecule has 9 N–H and O–H groups in total. The van der Waals surface area contributed by atoms with E-state index in [0.29, 0.717) is 19.3 Å². The Bertz CT molecular complexity index is 1900. The van der Waals surface area contributed by atoms with Crippen LogP contribution in [0.1, 0.15) is 107 Å². The highest BCUT2D eigenvalue weighted by molar-refractivity contribution is 5.82. The molecule has 23 atom stereocenters. The van der Waals surface area contributed by atoms with Crippen LogP contribution < -0.4 is 5.32 Å². The van der Waals surface area contributed by atoms with Crippen LogP contribution in [0.3, 0.4) is 0 Å². The second kappa shape index (κ2) is 16.9. The molecular weight excluding hydrogens is 863 g/mol. The molecule has 0 unspecified atom stereocenters. The molecule has 18 nitrogen and oxygen atoms in total. The highest BCUT2D eigenvalue weighted by atomic mass is 16.8. The van der Waals surface area contributed by atoms with Crippen molar-refractivity contribution in [3.05, 3.63) is 11.6 Å². The second-order valence-corrected chi connectivity index (χ2v) is 23.6. The van der Waals surface area contributed by atoms with Crippen molar-refractivity contribution in [2.75, 3.05) is 19.8 Å². The third kappa shape index (κ3) is 7.31. The standard InChI is InChI=1S/C48H75NO17/c1-21(50)49-32-36(57)35(56)26(20-62-41-38(34(55)25(52)19-61-41)66-40-37(58)33(54)24(51)18-60-40)63-39(32)64-30-12-13-45(6)27(44(30,4)5)11-14-46(7)28(45)10-9-22-23-15-43(2,3)31-17-48(23,42(59)65-31)29(53)16-47(22,46)8/h9,23-41,51-58H,10-20H2,1-8H3,(H,49,50)/t23-,24+,25+,26+,27-,28+,29+,30-,31-,32+,33-,34+,35+,36+,37+,38+,39-,40-,41-,45+,46+,47+,48+/m0/s1. The maximum absolute atomic E-state index is 13.7. The van der Waals surface area contributed by atoms with Gasteiger partial charge in [-0.25, -0.2) is 0 Å². The SMILES string of the molecule is CC(=O)N[C@H]1[C@H](O[C@H]2CC[C@@]3(C)[C@H]4CC=C5[C@@H]6CC(C)(C)[C@@H]7C[C@]6(C(=O)O7)[C@H](O)C[C@@]5(C)[C@]4(C)CC[C@H]3C2(C)C)O[C@H](CO[C@@H]2OC[C@@H](O)[C@@H](O)[C@H]2O[C@@H]2OC[C@@H](O)[C@H](O)[C@H]2O)[C@@H](O)[C@@H]1O. The van der Waals surface area contributed by atoms with Gasteiger partial charge in [-0.05, 0) is 84.4 Å². The third-order valence-corrected chi connectivity index (χ3v) is 19.4. The van der Waals surface area contributed by atoms with Crippen molar-refractivity contribution in [3.8, 4) is 0 Å². The zero-order valence-electron chi connectivity index (χ0n) is 39.6. The molecule has 9 rings (SSSR count). The van der Waals surface area contributed by atoms with Crippen molar-refractivity contribution in [2.45, 2.75) is 205 Å². The zero-order valence-corrected chi connectivity index (χ0v) is 39.6. The van der Waals surface area contributed by atoms with E-state index < -0.39 is 115 Å². The van der Waals surface area contributed by atoms with Crippen molar-refractivity contribution in [1.29, 1.82) is 0 Å². The largest absolute Gasteiger partial charge is 0.461 e. The number of ether oxygens (including phenoxy) is 7. The molecule has 4 aliphatic heterocycles. The monoisotopic (exact) mass is 938 g/mol. The Kier molecular flexibility index (Phi) is 12.6. The molecule has 5 aliphatic carbocycles. The van der Waals surface area contributed by atoms with Crippen LogP contribution in [0.15, 0.2) is 11.6 Å². The summed E-state index contributed by atoms with van der Waals surface area (Å²) in [4.78, 5) is 26.3. The Morgan fingerprint density at radius 2 is 1.45 bits per heavy atom. The summed E-state index contributed by atoms with van der Waals surface area (Å²) in [6.45, 7) is 16.1. The lowest BCUT2D eigenvalue weighted by Crippen LogP contribution is -2.68. The number of hydrogen-bond donors (Lipinski definition) is 9. The number of fused-ring (bicyclic) bond motifs is 7. The van der Waals surface area contributed by atoms with Crippen LogP contribution in [-0.2, 0) is 42.7 Å². The molecule has 8 fully saturated rings. The first-order valence-corrected chi connectivity index (χ1v) is 24.3. The van der Waals surface area contributed by atoms with Crippen molar-refractivity contribution < 1.29 is 83.6 Å². The molecule has 9 aliphatic rings. The Morgan fingerprint density at radius 3 is 2.15 bits per heavy atom. The number of nitrogens with one attached hydrogen (secondary N) is 1. The average Bonchev–Trinajstić information content (AvgIpc) is 3.57. The van der Waals surface area contributed by atoms with Gasteiger partial charge in [-0.15, -0.1) is 0 Å². The van der Waals surface area contributed by atoms with E-state index >= 15 is 0 Å². The lowest BCUT2D eigenvalue weighted by Gasteiger charge is -2.71. The first-order chi connectivity index (χ1) is 30.8. The maximum Gasteiger partial charge on any atom is 0.315 e. The van der Waals surface area contributed by atoms with E-state index in [0.717, 1.165) is 32.1 Å². The summed E-state index contributed by atoms with van der Waals surface area (Å²) in [5.41, 5.74) is -0.823. The summed E-state index contributed by atoms with van der Waals surface area (Å²) in [6.07, 6.45) is -10.7. The van der Waals surface area contributed by atoms with Gasteiger partial charge in [-0.2, -0.15) is 0 Å². The summed E-state index contributed by atoms with van der Waals surface area (Å²) in [5, 5.41) is 89.8. The van der Waals surface area contributed by atoms with E-state index in [1.807, 2.05) is 0 Å². The highest BCUT2D eigenvalue weighted by Gasteiger charge is 2.74. The van der Waals surface area contributed by atoms with Gasteiger partial charge >= 0.3 is 5.97 Å². The number of aliphatic hydroxyl groups is 8. The lowest BCUT2D eigenvalue weighted by molar-refractivity contribution is -0.352. The molecule has 4 saturated heterocycles. The van der Waals surface area contributed by atoms with Crippen LogP contribution in [-0.4, -0.2) is 171 Å². The van der Waals surface area contributed by atoms with Gasteiger partial charge in [0.1, 0.15) is 72.5 Å². The molecule has 0 radical (unpaired) electrons. The minimum absolute atomic E-state index is 0.0769. The summed E-state index contributed by atoms with van der Waals surface area (Å²) >= 11 is 0. The summed E-state index contributed by atoms with van der Waals surface area (Å²) in [6, 6.07) is -1.15. The van der Waals surface area contributed by atoms with E-state index in [1.54, 1.807) is 0 Å². The number of rotatable bonds is 8. The number of amides is 1. The van der Waals surface area contributed by atoms with Crippen molar-refractivity contribution in [1.82, 2.24) is 5.32 Å². The van der Waals surface area contributed by atoms with E-state index in [9.17, 15) is 50.4 Å². The lowest BCUT2D eigenvalue weighted by atomic mass is 9.33. The molecule has 66 heavy (non-hydrogen) atoms. The van der Waals surface area contributed by atoms with Crippen LogP contribution in [0.2, 0.25) is 0 Å². The number of hydrogen-bond acceptors (Lipinski definition) is 17. The van der Waals surface area contributed by atoms with Crippen LogP contribution in [0.25, 0.3) is 0 Å². The molecular formula is C48H75NO17. The molecule has 1 spiro atoms. The fraction of sp³-hybridized carbons (Fsp3) is 0.917. The normalized spacial score (nSPS) is 53.8.